The highest BCUT2D eigenvalue weighted by Gasteiger charge is 2.20. The zero-order valence-electron chi connectivity index (χ0n) is 14.8. The van der Waals surface area contributed by atoms with Gasteiger partial charge in [0.2, 0.25) is 5.91 Å². The summed E-state index contributed by atoms with van der Waals surface area (Å²) in [5.74, 6) is 0.0816. The second-order valence-electron chi connectivity index (χ2n) is 6.09. The fourth-order valence-electron chi connectivity index (χ4n) is 2.88. The first-order valence-corrected chi connectivity index (χ1v) is 9.67. The number of thioether (sulfide) groups is 1. The van der Waals surface area contributed by atoms with Crippen LogP contribution in [0.25, 0.3) is 10.9 Å². The number of fused-ring (bicyclic) bond motifs is 1. The molecule has 1 aliphatic heterocycles. The summed E-state index contributed by atoms with van der Waals surface area (Å²) in [4.78, 5) is 29.5. The van der Waals surface area contributed by atoms with Crippen LogP contribution < -0.4 is 10.9 Å². The van der Waals surface area contributed by atoms with Crippen molar-refractivity contribution in [2.45, 2.75) is 30.6 Å². The van der Waals surface area contributed by atoms with Crippen LogP contribution in [0.4, 0.5) is 0 Å². The van der Waals surface area contributed by atoms with Gasteiger partial charge in [-0.1, -0.05) is 23.9 Å². The molecule has 2 heterocycles. The molecule has 1 atom stereocenters. The van der Waals surface area contributed by atoms with Crippen molar-refractivity contribution in [3.8, 4) is 0 Å². The molecule has 0 radical (unpaired) electrons. The molecule has 0 saturated carbocycles. The zero-order chi connectivity index (χ0) is 18.4. The number of benzene rings is 1. The van der Waals surface area contributed by atoms with E-state index in [-0.39, 0.29) is 23.3 Å². The highest BCUT2D eigenvalue weighted by atomic mass is 32.2. The van der Waals surface area contributed by atoms with E-state index in [2.05, 4.69) is 10.3 Å². The molecule has 0 spiro atoms. The molecule has 1 amide bonds. The Balaban J connectivity index is 1.81. The number of aromatic nitrogens is 2. The number of methoxy groups -OCH3 is 1. The number of nitrogens with zero attached hydrogens (tertiary/aromatic N) is 2. The van der Waals surface area contributed by atoms with E-state index < -0.39 is 0 Å². The largest absolute Gasteiger partial charge is 0.383 e. The van der Waals surface area contributed by atoms with E-state index in [9.17, 15) is 9.59 Å². The predicted octanol–water partition coefficient (Wildman–Crippen LogP) is 1.43. The van der Waals surface area contributed by atoms with Crippen LogP contribution in [-0.4, -0.2) is 54.2 Å². The van der Waals surface area contributed by atoms with E-state index >= 15 is 0 Å². The van der Waals surface area contributed by atoms with Gasteiger partial charge < -0.3 is 14.8 Å². The Morgan fingerprint density at radius 1 is 1.46 bits per heavy atom. The summed E-state index contributed by atoms with van der Waals surface area (Å²) in [7, 11) is 1.59. The second-order valence-corrected chi connectivity index (χ2v) is 7.04. The fourth-order valence-corrected chi connectivity index (χ4v) is 3.72. The SMILES string of the molecule is COCCNC(=O)CSc1nc2ccccc2c(=O)n1C[C@H]1CCCO1. The summed E-state index contributed by atoms with van der Waals surface area (Å²) in [6, 6.07) is 7.28. The molecule has 1 aliphatic rings. The molecule has 0 unspecified atom stereocenters. The predicted molar refractivity (Wildman–Crippen MR) is 101 cm³/mol. The highest BCUT2D eigenvalue weighted by Crippen LogP contribution is 2.20. The Morgan fingerprint density at radius 3 is 3.08 bits per heavy atom. The standard InChI is InChI=1S/C18H23N3O4S/c1-24-10-8-19-16(22)12-26-18-20-15-7-3-2-6-14(15)17(23)21(18)11-13-5-4-9-25-13/h2-3,6-7,13H,4-5,8-12H2,1H3,(H,19,22)/t13-/m1/s1. The summed E-state index contributed by atoms with van der Waals surface area (Å²) < 4.78 is 12.2. The lowest BCUT2D eigenvalue weighted by Crippen LogP contribution is -2.31. The van der Waals surface area contributed by atoms with E-state index in [0.29, 0.717) is 35.8 Å². The van der Waals surface area contributed by atoms with Crippen LogP contribution >= 0.6 is 11.8 Å². The van der Waals surface area contributed by atoms with Crippen molar-refractivity contribution in [3.63, 3.8) is 0 Å². The van der Waals surface area contributed by atoms with Crippen molar-refractivity contribution in [2.24, 2.45) is 0 Å². The van der Waals surface area contributed by atoms with Crippen LogP contribution in [0, 0.1) is 0 Å². The van der Waals surface area contributed by atoms with Gasteiger partial charge in [-0.25, -0.2) is 4.98 Å². The first-order chi connectivity index (χ1) is 12.7. The number of para-hydroxylation sites is 1. The number of carbonyl (C=O) groups excluding carboxylic acids is 1. The summed E-state index contributed by atoms with van der Waals surface area (Å²) in [5, 5.41) is 3.90. The van der Waals surface area contributed by atoms with Crippen molar-refractivity contribution in [3.05, 3.63) is 34.6 Å². The van der Waals surface area contributed by atoms with Crippen molar-refractivity contribution >= 4 is 28.6 Å². The first-order valence-electron chi connectivity index (χ1n) is 8.68. The molecule has 2 aromatic rings. The van der Waals surface area contributed by atoms with E-state index in [1.807, 2.05) is 18.2 Å². The number of amides is 1. The minimum atomic E-state index is -0.113. The molecule has 0 bridgehead atoms. The topological polar surface area (TPSA) is 82.5 Å². The zero-order valence-corrected chi connectivity index (χ0v) is 15.6. The van der Waals surface area contributed by atoms with Crippen molar-refractivity contribution in [2.75, 3.05) is 32.6 Å². The van der Waals surface area contributed by atoms with E-state index in [4.69, 9.17) is 9.47 Å². The molecular formula is C18H23N3O4S. The number of carbonyl (C=O) groups is 1. The third-order valence-corrected chi connectivity index (χ3v) is 5.17. The normalized spacial score (nSPS) is 16.9. The lowest BCUT2D eigenvalue weighted by molar-refractivity contribution is -0.118. The Bertz CT molecular complexity index is 818. The molecule has 140 valence electrons. The van der Waals surface area contributed by atoms with Gasteiger partial charge in [-0.05, 0) is 25.0 Å². The van der Waals surface area contributed by atoms with Crippen molar-refractivity contribution in [1.29, 1.82) is 0 Å². The fraction of sp³-hybridized carbons (Fsp3) is 0.500. The van der Waals surface area contributed by atoms with Gasteiger partial charge >= 0.3 is 0 Å². The van der Waals surface area contributed by atoms with Crippen LogP contribution in [0.1, 0.15) is 12.8 Å². The molecule has 7 nitrogen and oxygen atoms in total. The van der Waals surface area contributed by atoms with Gasteiger partial charge in [0.15, 0.2) is 5.16 Å². The Morgan fingerprint density at radius 2 is 2.31 bits per heavy atom. The molecule has 8 heteroatoms. The highest BCUT2D eigenvalue weighted by molar-refractivity contribution is 7.99. The van der Waals surface area contributed by atoms with Crippen molar-refractivity contribution in [1.82, 2.24) is 14.9 Å². The van der Waals surface area contributed by atoms with Crippen LogP contribution in [0.2, 0.25) is 0 Å². The van der Waals surface area contributed by atoms with Gasteiger partial charge in [-0.2, -0.15) is 0 Å². The van der Waals surface area contributed by atoms with E-state index in [1.54, 1.807) is 17.7 Å². The van der Waals surface area contributed by atoms with Gasteiger partial charge in [0, 0.05) is 20.3 Å². The Hall–Kier alpha value is -1.90. The number of nitrogens with one attached hydrogen (secondary N) is 1. The van der Waals surface area contributed by atoms with Gasteiger partial charge in [0.05, 0.1) is 35.9 Å². The summed E-state index contributed by atoms with van der Waals surface area (Å²) in [6.45, 7) is 2.12. The molecular weight excluding hydrogens is 354 g/mol. The Kier molecular flexibility index (Phi) is 6.65. The van der Waals surface area contributed by atoms with Gasteiger partial charge in [0.1, 0.15) is 0 Å². The number of rotatable bonds is 8. The van der Waals surface area contributed by atoms with Crippen LogP contribution in [0.5, 0.6) is 0 Å². The first kappa shape index (κ1) is 18.9. The van der Waals surface area contributed by atoms with Gasteiger partial charge in [-0.15, -0.1) is 0 Å². The van der Waals surface area contributed by atoms with E-state index in [1.165, 1.54) is 11.8 Å². The molecule has 0 aliphatic carbocycles. The maximum Gasteiger partial charge on any atom is 0.262 e. The van der Waals surface area contributed by atoms with Crippen LogP contribution in [-0.2, 0) is 20.8 Å². The third-order valence-electron chi connectivity index (χ3n) is 4.20. The summed E-state index contributed by atoms with van der Waals surface area (Å²) in [5.41, 5.74) is 0.553. The third kappa shape index (κ3) is 4.63. The summed E-state index contributed by atoms with van der Waals surface area (Å²) >= 11 is 1.27. The maximum atomic E-state index is 12.9. The van der Waals surface area contributed by atoms with E-state index in [0.717, 1.165) is 19.4 Å². The van der Waals surface area contributed by atoms with Crippen LogP contribution in [0.15, 0.2) is 34.2 Å². The van der Waals surface area contributed by atoms with Gasteiger partial charge in [-0.3, -0.25) is 14.2 Å². The number of hydrogen-bond donors (Lipinski definition) is 1. The number of hydrogen-bond acceptors (Lipinski definition) is 6. The lowest BCUT2D eigenvalue weighted by Gasteiger charge is -2.16. The minimum absolute atomic E-state index is 0.0190. The van der Waals surface area contributed by atoms with Crippen molar-refractivity contribution < 1.29 is 14.3 Å². The van der Waals surface area contributed by atoms with Crippen LogP contribution in [0.3, 0.4) is 0 Å². The average molecular weight is 377 g/mol. The molecule has 1 fully saturated rings. The molecule has 1 aromatic carbocycles. The monoisotopic (exact) mass is 377 g/mol. The molecule has 3 rings (SSSR count). The maximum absolute atomic E-state index is 12.9. The molecule has 1 N–H and O–H groups in total. The molecule has 26 heavy (non-hydrogen) atoms. The second kappa shape index (κ2) is 9.16. The summed E-state index contributed by atoms with van der Waals surface area (Å²) in [6.07, 6.45) is 1.96. The molecule has 1 saturated heterocycles. The Labute approximate surface area is 156 Å². The quantitative estimate of drug-likeness (QED) is 0.426. The molecule has 1 aromatic heterocycles. The number of ether oxygens (including phenoxy) is 2. The lowest BCUT2D eigenvalue weighted by atomic mass is 10.2. The smallest absolute Gasteiger partial charge is 0.262 e. The average Bonchev–Trinajstić information content (AvgIpc) is 3.16. The minimum Gasteiger partial charge on any atom is -0.383 e. The van der Waals surface area contributed by atoms with Gasteiger partial charge in [0.25, 0.3) is 5.56 Å².